The van der Waals surface area contributed by atoms with Crippen molar-refractivity contribution in [3.05, 3.63) is 36.5 Å². The average molecular weight is 1010 g/mol. The fraction of sp³-hybridized carbons (Fsp3) is 0.867. The molecule has 0 spiro atoms. The van der Waals surface area contributed by atoms with Gasteiger partial charge in [0.1, 0.15) is 19.3 Å². The van der Waals surface area contributed by atoms with Crippen LogP contribution in [0.5, 0.6) is 0 Å². The van der Waals surface area contributed by atoms with Crippen molar-refractivity contribution in [2.45, 2.75) is 296 Å². The standard InChI is InChI=1S/C60H115N2O7P/c1-7-10-13-16-19-22-25-27-29-30-31-32-33-35-38-41-44-47-50-53-60(64)69-58(51-48-45-42-39-36-24-21-18-15-12-9-3)57(56-68-70(65,66)67-55-54-62(4,5)6)61-59(63)52-49-46-43-40-37-34-28-26-23-20-17-14-11-8-2/h11,14,20,23,48,51,57-58H,7-10,12-13,15-19,21-22,24-47,49-50,52-56H2,1-6H3,(H-,61,63,65,66)/p+1/b14-11+,23-20+,51-48+. The summed E-state index contributed by atoms with van der Waals surface area (Å²) < 4.78 is 30.6. The topological polar surface area (TPSA) is 111 Å². The maximum Gasteiger partial charge on any atom is 0.472 e. The summed E-state index contributed by atoms with van der Waals surface area (Å²) in [6.07, 6.45) is 60.0. The Labute approximate surface area is 434 Å². The molecule has 0 radical (unpaired) electrons. The third-order valence-electron chi connectivity index (χ3n) is 13.3. The molecule has 9 nitrogen and oxygen atoms in total. The molecule has 0 saturated carbocycles. The van der Waals surface area contributed by atoms with Gasteiger partial charge in [-0.1, -0.05) is 250 Å². The van der Waals surface area contributed by atoms with Gasteiger partial charge in [-0.25, -0.2) is 4.57 Å². The zero-order valence-electron chi connectivity index (χ0n) is 47.0. The molecule has 0 bridgehead atoms. The molecule has 1 amide bonds. The molecule has 0 aromatic heterocycles. The van der Waals surface area contributed by atoms with Gasteiger partial charge in [-0.05, 0) is 57.4 Å². The van der Waals surface area contributed by atoms with Gasteiger partial charge in [0.2, 0.25) is 5.91 Å². The molecule has 0 aliphatic heterocycles. The zero-order valence-corrected chi connectivity index (χ0v) is 47.9. The van der Waals surface area contributed by atoms with E-state index in [2.05, 4.69) is 50.4 Å². The highest BCUT2D eigenvalue weighted by molar-refractivity contribution is 7.47. The zero-order chi connectivity index (χ0) is 51.5. The number of allylic oxidation sites excluding steroid dienone is 5. The van der Waals surface area contributed by atoms with E-state index in [4.69, 9.17) is 13.8 Å². The first kappa shape index (κ1) is 68.2. The molecular formula is C60H116N2O7P+. The second-order valence-corrected chi connectivity index (χ2v) is 23.0. The molecule has 0 rings (SSSR count). The number of amides is 1. The van der Waals surface area contributed by atoms with Gasteiger partial charge in [0, 0.05) is 12.8 Å². The molecule has 0 saturated heterocycles. The van der Waals surface area contributed by atoms with Crippen molar-refractivity contribution in [1.29, 1.82) is 0 Å². The van der Waals surface area contributed by atoms with Crippen molar-refractivity contribution in [2.75, 3.05) is 40.9 Å². The molecule has 0 aromatic rings. The number of hydrogen-bond acceptors (Lipinski definition) is 6. The Morgan fingerprint density at radius 3 is 1.36 bits per heavy atom. The van der Waals surface area contributed by atoms with Crippen LogP contribution in [-0.2, 0) is 27.9 Å². The molecule has 0 aliphatic carbocycles. The van der Waals surface area contributed by atoms with Crippen LogP contribution in [0.15, 0.2) is 36.5 Å². The minimum Gasteiger partial charge on any atom is -0.456 e. The quantitative estimate of drug-likeness (QED) is 0.0205. The molecule has 2 N–H and O–H groups in total. The first-order chi connectivity index (χ1) is 33.9. The Hall–Kier alpha value is -1.77. The van der Waals surface area contributed by atoms with E-state index in [1.165, 1.54) is 167 Å². The number of quaternary nitrogens is 1. The predicted molar refractivity (Wildman–Crippen MR) is 300 cm³/mol. The van der Waals surface area contributed by atoms with Crippen LogP contribution in [0.4, 0.5) is 0 Å². The van der Waals surface area contributed by atoms with Gasteiger partial charge >= 0.3 is 13.8 Å². The van der Waals surface area contributed by atoms with Gasteiger partial charge < -0.3 is 19.4 Å². The number of phosphoric acid groups is 1. The van der Waals surface area contributed by atoms with E-state index in [9.17, 15) is 19.0 Å². The summed E-state index contributed by atoms with van der Waals surface area (Å²) in [5, 5.41) is 3.05. The first-order valence-electron chi connectivity index (χ1n) is 29.8. The van der Waals surface area contributed by atoms with Crippen molar-refractivity contribution in [3.8, 4) is 0 Å². The number of nitrogens with one attached hydrogen (secondary N) is 1. The van der Waals surface area contributed by atoms with Crippen molar-refractivity contribution in [3.63, 3.8) is 0 Å². The molecule has 70 heavy (non-hydrogen) atoms. The minimum atomic E-state index is -4.44. The number of phosphoric ester groups is 1. The molecule has 0 aromatic carbocycles. The van der Waals surface area contributed by atoms with Gasteiger partial charge in [0.15, 0.2) is 0 Å². The highest BCUT2D eigenvalue weighted by atomic mass is 31.2. The summed E-state index contributed by atoms with van der Waals surface area (Å²) in [7, 11) is 1.50. The number of nitrogens with zero attached hydrogens (tertiary/aromatic N) is 1. The first-order valence-corrected chi connectivity index (χ1v) is 31.3. The van der Waals surface area contributed by atoms with Gasteiger partial charge in [-0.3, -0.25) is 18.6 Å². The Kier molecular flexibility index (Phi) is 49.5. The highest BCUT2D eigenvalue weighted by Crippen LogP contribution is 2.43. The lowest BCUT2D eigenvalue weighted by atomic mass is 10.0. The lowest BCUT2D eigenvalue weighted by Gasteiger charge is -2.27. The second-order valence-electron chi connectivity index (χ2n) is 21.5. The van der Waals surface area contributed by atoms with Crippen LogP contribution >= 0.6 is 7.82 Å². The Balaban J connectivity index is 5.22. The normalized spacial score (nSPS) is 14.0. The fourth-order valence-electron chi connectivity index (χ4n) is 8.74. The molecule has 10 heteroatoms. The van der Waals surface area contributed by atoms with Crippen molar-refractivity contribution in [2.24, 2.45) is 0 Å². The number of hydrogen-bond donors (Lipinski definition) is 2. The van der Waals surface area contributed by atoms with Crippen molar-refractivity contribution in [1.82, 2.24) is 5.32 Å². The van der Waals surface area contributed by atoms with Crippen molar-refractivity contribution < 1.29 is 37.3 Å². The fourth-order valence-corrected chi connectivity index (χ4v) is 9.48. The predicted octanol–water partition coefficient (Wildman–Crippen LogP) is 17.9. The Morgan fingerprint density at radius 1 is 0.514 bits per heavy atom. The Morgan fingerprint density at radius 2 is 0.914 bits per heavy atom. The number of ether oxygens (including phenoxy) is 1. The molecule has 3 unspecified atom stereocenters. The van der Waals surface area contributed by atoms with Crippen LogP contribution in [0, 0.1) is 0 Å². The smallest absolute Gasteiger partial charge is 0.456 e. The van der Waals surface area contributed by atoms with Gasteiger partial charge in [0.05, 0.1) is 33.8 Å². The van der Waals surface area contributed by atoms with E-state index in [0.29, 0.717) is 23.9 Å². The number of likely N-dealkylation sites (N-methyl/N-ethyl adjacent to an activating group) is 1. The van der Waals surface area contributed by atoms with Crippen molar-refractivity contribution >= 4 is 19.7 Å². The molecule has 412 valence electrons. The minimum absolute atomic E-state index is 0.0405. The third kappa shape index (κ3) is 51.1. The lowest BCUT2D eigenvalue weighted by molar-refractivity contribution is -0.870. The van der Waals surface area contributed by atoms with Crippen LogP contribution < -0.4 is 5.32 Å². The molecule has 0 aliphatic rings. The summed E-state index contributed by atoms with van der Waals surface area (Å²) in [6.45, 7) is 6.92. The van der Waals surface area contributed by atoms with Crippen LogP contribution in [0.3, 0.4) is 0 Å². The van der Waals surface area contributed by atoms with Gasteiger partial charge in [-0.2, -0.15) is 0 Å². The molecule has 3 atom stereocenters. The van der Waals surface area contributed by atoms with Crippen LogP contribution in [0.25, 0.3) is 0 Å². The molecule has 0 heterocycles. The number of rotatable bonds is 54. The maximum absolute atomic E-state index is 13.5. The number of unbranched alkanes of at least 4 members (excludes halogenated alkanes) is 34. The second kappa shape index (κ2) is 50.7. The van der Waals surface area contributed by atoms with Crippen LogP contribution in [0.1, 0.15) is 284 Å². The molecule has 0 fully saturated rings. The van der Waals surface area contributed by atoms with Gasteiger partial charge in [0.25, 0.3) is 0 Å². The summed E-state index contributed by atoms with van der Waals surface area (Å²) in [5.74, 6) is -0.504. The summed E-state index contributed by atoms with van der Waals surface area (Å²) in [5.41, 5.74) is 0. The molecular weight excluding hydrogens is 892 g/mol. The lowest BCUT2D eigenvalue weighted by Crippen LogP contribution is -2.47. The van der Waals surface area contributed by atoms with E-state index in [1.54, 1.807) is 0 Å². The van der Waals surface area contributed by atoms with Gasteiger partial charge in [-0.15, -0.1) is 0 Å². The van der Waals surface area contributed by atoms with E-state index in [1.807, 2.05) is 33.3 Å². The van der Waals surface area contributed by atoms with Crippen LogP contribution in [-0.4, -0.2) is 74.3 Å². The number of carbonyl (C=O) groups is 2. The monoisotopic (exact) mass is 1010 g/mol. The number of carbonyl (C=O) groups excluding carboxylic acids is 2. The van der Waals surface area contributed by atoms with E-state index >= 15 is 0 Å². The third-order valence-corrected chi connectivity index (χ3v) is 14.3. The van der Waals surface area contributed by atoms with E-state index in [0.717, 1.165) is 83.5 Å². The summed E-state index contributed by atoms with van der Waals surface area (Å²) in [4.78, 5) is 37.6. The summed E-state index contributed by atoms with van der Waals surface area (Å²) >= 11 is 0. The highest BCUT2D eigenvalue weighted by Gasteiger charge is 2.30. The Bertz CT molecular complexity index is 1300. The summed E-state index contributed by atoms with van der Waals surface area (Å²) in [6, 6.07) is -0.847. The van der Waals surface area contributed by atoms with Crippen LogP contribution in [0.2, 0.25) is 0 Å². The van der Waals surface area contributed by atoms with E-state index < -0.39 is 20.0 Å². The van der Waals surface area contributed by atoms with E-state index in [-0.39, 0.29) is 25.1 Å². The largest absolute Gasteiger partial charge is 0.472 e. The SMILES string of the molecule is CC/C=C/C/C=C/CCCCCCCCCC(=O)NC(COP(=O)(O)OCC[N+](C)(C)C)C(/C=C/CCCCCCCCCCC)OC(=O)CCCCCCCCCCCCCCCCCCCCC. The maximum atomic E-state index is 13.5. The number of esters is 1. The average Bonchev–Trinajstić information content (AvgIpc) is 3.32.